The van der Waals surface area contributed by atoms with Crippen molar-refractivity contribution in [2.24, 2.45) is 0 Å². The summed E-state index contributed by atoms with van der Waals surface area (Å²) >= 11 is 0. The molecule has 10 aromatic carbocycles. The highest BCUT2D eigenvalue weighted by atomic mass is 14.5. The second kappa shape index (κ2) is 15.1. The predicted octanol–water partition coefficient (Wildman–Crippen LogP) is 16.6. The Bertz CT molecular complexity index is 3640. The largest absolute Gasteiger partial charge is 0.0716 e. The fraction of sp³-hybridized carbons (Fsp3) is 0.118. The summed E-state index contributed by atoms with van der Waals surface area (Å²) in [6.45, 7) is 9.30. The van der Waals surface area contributed by atoms with Crippen LogP contribution in [0.3, 0.4) is 0 Å². The molecule has 0 heteroatoms. The van der Waals surface area contributed by atoms with Crippen LogP contribution in [0.15, 0.2) is 231 Å². The summed E-state index contributed by atoms with van der Waals surface area (Å²) in [6.07, 6.45) is 0.849. The van der Waals surface area contributed by atoms with E-state index in [1.807, 2.05) is 0 Å². The van der Waals surface area contributed by atoms with E-state index >= 15 is 0 Å². The van der Waals surface area contributed by atoms with Crippen molar-refractivity contribution in [2.45, 2.75) is 50.4 Å². The summed E-state index contributed by atoms with van der Waals surface area (Å²) in [5.41, 5.74) is 28.0. The maximum atomic E-state index is 2.53. The summed E-state index contributed by atoms with van der Waals surface area (Å²) in [5, 5.41) is 0. The van der Waals surface area contributed by atoms with Crippen molar-refractivity contribution < 1.29 is 0 Å². The first kappa shape index (κ1) is 40.5. The van der Waals surface area contributed by atoms with Crippen LogP contribution in [0.1, 0.15) is 91.7 Å². The van der Waals surface area contributed by atoms with Crippen LogP contribution in [0.2, 0.25) is 0 Å². The van der Waals surface area contributed by atoms with Crippen LogP contribution in [0.5, 0.6) is 0 Å². The highest BCUT2D eigenvalue weighted by molar-refractivity contribution is 5.97. The Morgan fingerprint density at radius 2 is 0.897 bits per heavy atom. The van der Waals surface area contributed by atoms with E-state index in [1.54, 1.807) is 0 Å². The van der Waals surface area contributed by atoms with Crippen molar-refractivity contribution in [3.63, 3.8) is 0 Å². The van der Waals surface area contributed by atoms with Crippen LogP contribution in [-0.4, -0.2) is 0 Å². The second-order valence-corrected chi connectivity index (χ2v) is 20.0. The molecule has 13 rings (SSSR count). The van der Waals surface area contributed by atoms with E-state index in [0.717, 1.165) is 6.42 Å². The van der Waals surface area contributed by atoms with Crippen molar-refractivity contribution in [2.75, 3.05) is 0 Å². The molecule has 68 heavy (non-hydrogen) atoms. The fourth-order valence-corrected chi connectivity index (χ4v) is 13.3. The number of rotatable bonds is 7. The molecular formula is C68H52. The minimum absolute atomic E-state index is 0.0412. The monoisotopic (exact) mass is 868 g/mol. The van der Waals surface area contributed by atoms with Gasteiger partial charge in [0.1, 0.15) is 0 Å². The van der Waals surface area contributed by atoms with Crippen molar-refractivity contribution in [3.05, 3.63) is 308 Å². The average molecular weight is 869 g/mol. The predicted molar refractivity (Wildman–Crippen MR) is 283 cm³/mol. The lowest BCUT2D eigenvalue weighted by molar-refractivity contribution is 0.660. The highest BCUT2D eigenvalue weighted by Crippen LogP contribution is 2.61. The topological polar surface area (TPSA) is 0 Å². The van der Waals surface area contributed by atoms with Gasteiger partial charge in [-0.3, -0.25) is 0 Å². The van der Waals surface area contributed by atoms with Gasteiger partial charge in [0.05, 0.1) is 10.8 Å². The molecule has 0 amide bonds. The van der Waals surface area contributed by atoms with E-state index in [-0.39, 0.29) is 5.41 Å². The minimum atomic E-state index is -0.555. The fourth-order valence-electron chi connectivity index (χ4n) is 13.3. The van der Waals surface area contributed by atoms with E-state index in [2.05, 4.69) is 258 Å². The first-order valence-electron chi connectivity index (χ1n) is 24.3. The first-order chi connectivity index (χ1) is 33.3. The standard InChI is InChI=1S/C68H52/c1-44-38-39-55-54-30-11-14-35-59(54)67(62(55)40-44,49-24-7-5-8-25-49)52-29-17-22-47(43-52)53-32-19-37-61-64(53)57-33-15-20-45(2)65(57)68(61,50-26-9-6-10-27-50)51-28-16-21-46(42-51)41-48-23-18-36-60-63(48)56-31-12-13-34-58(56)66(60,3)4/h5-40,42-43H,41H2,1-4H3. The van der Waals surface area contributed by atoms with Gasteiger partial charge in [-0.15, -0.1) is 0 Å². The van der Waals surface area contributed by atoms with Crippen LogP contribution in [0.4, 0.5) is 0 Å². The summed E-state index contributed by atoms with van der Waals surface area (Å²) in [7, 11) is 0. The molecule has 0 radical (unpaired) electrons. The quantitative estimate of drug-likeness (QED) is 0.150. The number of fused-ring (bicyclic) bond motifs is 9. The van der Waals surface area contributed by atoms with E-state index in [9.17, 15) is 0 Å². The Morgan fingerprint density at radius 3 is 1.69 bits per heavy atom. The van der Waals surface area contributed by atoms with Crippen molar-refractivity contribution in [3.8, 4) is 44.5 Å². The number of hydrogen-bond acceptors (Lipinski definition) is 0. The summed E-state index contributed by atoms with van der Waals surface area (Å²) in [6, 6.07) is 87.7. The van der Waals surface area contributed by atoms with Gasteiger partial charge in [0.25, 0.3) is 0 Å². The zero-order valence-corrected chi connectivity index (χ0v) is 39.1. The van der Waals surface area contributed by atoms with E-state index in [4.69, 9.17) is 0 Å². The van der Waals surface area contributed by atoms with Gasteiger partial charge in [-0.1, -0.05) is 244 Å². The molecule has 0 aliphatic heterocycles. The van der Waals surface area contributed by atoms with E-state index in [1.165, 1.54) is 122 Å². The zero-order chi connectivity index (χ0) is 45.8. The first-order valence-corrected chi connectivity index (χ1v) is 24.3. The van der Waals surface area contributed by atoms with Crippen molar-refractivity contribution in [1.29, 1.82) is 0 Å². The molecule has 3 aliphatic carbocycles. The summed E-state index contributed by atoms with van der Waals surface area (Å²) in [5.74, 6) is 0. The molecule has 0 nitrogen and oxygen atoms in total. The van der Waals surface area contributed by atoms with Crippen LogP contribution in [0.25, 0.3) is 44.5 Å². The van der Waals surface area contributed by atoms with Crippen LogP contribution < -0.4 is 0 Å². The molecule has 0 aromatic heterocycles. The maximum Gasteiger partial charge on any atom is 0.0716 e. The maximum absolute atomic E-state index is 2.53. The molecule has 2 atom stereocenters. The van der Waals surface area contributed by atoms with Crippen LogP contribution in [-0.2, 0) is 22.7 Å². The summed E-state index contributed by atoms with van der Waals surface area (Å²) < 4.78 is 0. The lowest BCUT2D eigenvalue weighted by atomic mass is 9.66. The van der Waals surface area contributed by atoms with Gasteiger partial charge in [-0.05, 0) is 143 Å². The third-order valence-corrected chi connectivity index (χ3v) is 16.1. The third-order valence-electron chi connectivity index (χ3n) is 16.1. The lowest BCUT2D eigenvalue weighted by Crippen LogP contribution is -2.29. The molecular weight excluding hydrogens is 817 g/mol. The Balaban J connectivity index is 1.03. The molecule has 0 fully saturated rings. The lowest BCUT2D eigenvalue weighted by Gasteiger charge is -2.35. The molecule has 10 aromatic rings. The van der Waals surface area contributed by atoms with E-state index in [0.29, 0.717) is 0 Å². The molecule has 0 bridgehead atoms. The molecule has 0 spiro atoms. The number of benzene rings is 10. The SMILES string of the molecule is Cc1ccc2c(c1)C(c1ccccc1)(c1cccc(-c3cccc4c3-c3cccc(C)c3C4(c3ccccc3)c3cccc(Cc4cccc5c4-c4ccccc4C5(C)C)c3)c1)c1ccccc1-2. The van der Waals surface area contributed by atoms with Gasteiger partial charge >= 0.3 is 0 Å². The Hall–Kier alpha value is -7.80. The Kier molecular flexibility index (Phi) is 8.99. The van der Waals surface area contributed by atoms with Gasteiger partial charge in [0.15, 0.2) is 0 Å². The van der Waals surface area contributed by atoms with Gasteiger partial charge < -0.3 is 0 Å². The molecule has 2 unspecified atom stereocenters. The number of aryl methyl sites for hydroxylation is 2. The third kappa shape index (κ3) is 5.55. The summed E-state index contributed by atoms with van der Waals surface area (Å²) in [4.78, 5) is 0. The van der Waals surface area contributed by atoms with Gasteiger partial charge in [-0.25, -0.2) is 0 Å². The molecule has 3 aliphatic rings. The van der Waals surface area contributed by atoms with Gasteiger partial charge in [0.2, 0.25) is 0 Å². The molecule has 0 heterocycles. The minimum Gasteiger partial charge on any atom is -0.0622 e. The van der Waals surface area contributed by atoms with Crippen LogP contribution >= 0.6 is 0 Å². The van der Waals surface area contributed by atoms with Crippen molar-refractivity contribution >= 4 is 0 Å². The molecule has 0 N–H and O–H groups in total. The zero-order valence-electron chi connectivity index (χ0n) is 39.1. The highest BCUT2D eigenvalue weighted by Gasteiger charge is 2.49. The smallest absolute Gasteiger partial charge is 0.0622 e. The molecule has 324 valence electrons. The Morgan fingerprint density at radius 1 is 0.338 bits per heavy atom. The second-order valence-electron chi connectivity index (χ2n) is 20.0. The van der Waals surface area contributed by atoms with Crippen molar-refractivity contribution in [1.82, 2.24) is 0 Å². The average Bonchev–Trinajstić information content (AvgIpc) is 3.95. The van der Waals surface area contributed by atoms with Crippen LogP contribution in [0, 0.1) is 13.8 Å². The molecule has 0 saturated heterocycles. The van der Waals surface area contributed by atoms with Gasteiger partial charge in [-0.2, -0.15) is 0 Å². The van der Waals surface area contributed by atoms with E-state index < -0.39 is 10.8 Å². The number of hydrogen-bond donors (Lipinski definition) is 0. The normalized spacial score (nSPS) is 17.7. The molecule has 0 saturated carbocycles. The van der Waals surface area contributed by atoms with Gasteiger partial charge in [0, 0.05) is 5.41 Å². The Labute approximate surface area is 401 Å².